The summed E-state index contributed by atoms with van der Waals surface area (Å²) in [5.74, 6) is 0. The van der Waals surface area contributed by atoms with E-state index in [9.17, 15) is 0 Å². The monoisotopic (exact) mass is 222 g/mol. The predicted molar refractivity (Wildman–Crippen MR) is 69.7 cm³/mol. The molecule has 2 heteroatoms. The van der Waals surface area contributed by atoms with Crippen LogP contribution in [0, 0.1) is 0 Å². The highest BCUT2D eigenvalue weighted by Gasteiger charge is 2.44. The van der Waals surface area contributed by atoms with E-state index in [-0.39, 0.29) is 0 Å². The average Bonchev–Trinajstić information content (AvgIpc) is 2.54. The average molecular weight is 222 g/mol. The van der Waals surface area contributed by atoms with E-state index < -0.39 is 0 Å². The van der Waals surface area contributed by atoms with Crippen LogP contribution in [0.15, 0.2) is 12.2 Å². The van der Waals surface area contributed by atoms with Crippen LogP contribution in [0.4, 0.5) is 0 Å². The molecule has 0 aromatic heterocycles. The molecule has 2 heterocycles. The maximum absolute atomic E-state index is 4.22. The fourth-order valence-electron chi connectivity index (χ4n) is 3.60. The second-order valence-electron chi connectivity index (χ2n) is 5.60. The van der Waals surface area contributed by atoms with E-state index in [1.807, 2.05) is 0 Å². The fraction of sp³-hybridized carbons (Fsp3) is 0.857. The van der Waals surface area contributed by atoms with Crippen LogP contribution in [-0.4, -0.2) is 48.1 Å². The number of hydrogen-bond acceptors (Lipinski definition) is 2. The van der Waals surface area contributed by atoms with Gasteiger partial charge in [0.1, 0.15) is 0 Å². The van der Waals surface area contributed by atoms with Crippen molar-refractivity contribution >= 4 is 0 Å². The summed E-state index contributed by atoms with van der Waals surface area (Å²) in [6.07, 6.45) is 5.15. The molecule has 2 nitrogen and oxygen atoms in total. The van der Waals surface area contributed by atoms with E-state index in [0.717, 1.165) is 6.54 Å². The zero-order valence-electron chi connectivity index (χ0n) is 11.0. The molecule has 2 fully saturated rings. The number of fused-ring (bicyclic) bond motifs is 1. The van der Waals surface area contributed by atoms with Crippen LogP contribution in [0.1, 0.15) is 39.5 Å². The molecule has 2 rings (SSSR count). The highest BCUT2D eigenvalue weighted by atomic mass is 15.3. The lowest BCUT2D eigenvalue weighted by atomic mass is 9.87. The molecule has 0 aromatic rings. The van der Waals surface area contributed by atoms with Crippen molar-refractivity contribution in [2.24, 2.45) is 0 Å². The lowest BCUT2D eigenvalue weighted by Gasteiger charge is -2.47. The normalized spacial score (nSPS) is 32.0. The molecule has 1 unspecified atom stereocenters. The smallest absolute Gasteiger partial charge is 0.0377 e. The Bertz CT molecular complexity index is 261. The molecule has 0 saturated carbocycles. The largest absolute Gasteiger partial charge is 0.300 e. The standard InChI is InChI=1S/C14H26N2/c1-4-6-14-10-13(3)11-16(14)9-8-15(12-14)7-5-2/h3-12H2,1-2H3. The third-order valence-corrected chi connectivity index (χ3v) is 4.12. The fourth-order valence-corrected chi connectivity index (χ4v) is 3.60. The van der Waals surface area contributed by atoms with Crippen molar-refractivity contribution in [2.45, 2.75) is 45.1 Å². The summed E-state index contributed by atoms with van der Waals surface area (Å²) >= 11 is 0. The molecule has 0 spiro atoms. The Morgan fingerprint density at radius 3 is 2.75 bits per heavy atom. The highest BCUT2D eigenvalue weighted by Crippen LogP contribution is 2.38. The molecular formula is C14H26N2. The number of hydrogen-bond donors (Lipinski definition) is 0. The molecule has 0 aliphatic carbocycles. The SMILES string of the molecule is C=C1CN2CCN(CCC)CC2(CCC)C1. The topological polar surface area (TPSA) is 6.48 Å². The minimum Gasteiger partial charge on any atom is -0.300 e. The Hall–Kier alpha value is -0.340. The van der Waals surface area contributed by atoms with Crippen molar-refractivity contribution in [3.63, 3.8) is 0 Å². The summed E-state index contributed by atoms with van der Waals surface area (Å²) < 4.78 is 0. The van der Waals surface area contributed by atoms with E-state index in [1.54, 1.807) is 0 Å². The van der Waals surface area contributed by atoms with Crippen LogP contribution in [0.3, 0.4) is 0 Å². The van der Waals surface area contributed by atoms with Gasteiger partial charge in [-0.05, 0) is 25.8 Å². The Morgan fingerprint density at radius 1 is 1.25 bits per heavy atom. The van der Waals surface area contributed by atoms with E-state index >= 15 is 0 Å². The molecule has 0 aromatic carbocycles. The third-order valence-electron chi connectivity index (χ3n) is 4.12. The molecule has 1 atom stereocenters. The Balaban J connectivity index is 2.08. The van der Waals surface area contributed by atoms with Crippen LogP contribution in [0.2, 0.25) is 0 Å². The molecule has 0 N–H and O–H groups in total. The first-order valence-electron chi connectivity index (χ1n) is 6.84. The minimum atomic E-state index is 0.444. The second-order valence-corrected chi connectivity index (χ2v) is 5.60. The van der Waals surface area contributed by atoms with Gasteiger partial charge >= 0.3 is 0 Å². The molecule has 92 valence electrons. The van der Waals surface area contributed by atoms with Gasteiger partial charge < -0.3 is 4.90 Å². The zero-order chi connectivity index (χ0) is 11.6. The van der Waals surface area contributed by atoms with Crippen LogP contribution >= 0.6 is 0 Å². The van der Waals surface area contributed by atoms with Crippen molar-refractivity contribution in [2.75, 3.05) is 32.7 Å². The van der Waals surface area contributed by atoms with E-state index in [1.165, 1.54) is 57.4 Å². The maximum atomic E-state index is 4.22. The molecule has 16 heavy (non-hydrogen) atoms. The summed E-state index contributed by atoms with van der Waals surface area (Å²) in [5, 5.41) is 0. The van der Waals surface area contributed by atoms with Gasteiger partial charge in [-0.25, -0.2) is 0 Å². The summed E-state index contributed by atoms with van der Waals surface area (Å²) in [7, 11) is 0. The van der Waals surface area contributed by atoms with Crippen LogP contribution in [0.5, 0.6) is 0 Å². The van der Waals surface area contributed by atoms with Crippen molar-refractivity contribution in [3.05, 3.63) is 12.2 Å². The van der Waals surface area contributed by atoms with Crippen LogP contribution in [-0.2, 0) is 0 Å². The molecule has 2 aliphatic heterocycles. The van der Waals surface area contributed by atoms with E-state index in [0.29, 0.717) is 5.54 Å². The van der Waals surface area contributed by atoms with Gasteiger partial charge in [0.2, 0.25) is 0 Å². The first-order chi connectivity index (χ1) is 7.70. The third kappa shape index (κ3) is 2.18. The van der Waals surface area contributed by atoms with Gasteiger partial charge in [0.05, 0.1) is 0 Å². The van der Waals surface area contributed by atoms with Crippen molar-refractivity contribution < 1.29 is 0 Å². The van der Waals surface area contributed by atoms with Crippen LogP contribution < -0.4 is 0 Å². The van der Waals surface area contributed by atoms with Gasteiger partial charge in [0.25, 0.3) is 0 Å². The predicted octanol–water partition coefficient (Wildman–Crippen LogP) is 2.51. The van der Waals surface area contributed by atoms with Gasteiger partial charge in [-0.1, -0.05) is 32.4 Å². The number of nitrogens with zero attached hydrogens (tertiary/aromatic N) is 2. The van der Waals surface area contributed by atoms with Crippen molar-refractivity contribution in [1.29, 1.82) is 0 Å². The highest BCUT2D eigenvalue weighted by molar-refractivity contribution is 5.17. The molecule has 2 aliphatic rings. The number of piperazine rings is 1. The Morgan fingerprint density at radius 2 is 2.06 bits per heavy atom. The van der Waals surface area contributed by atoms with Gasteiger partial charge in [-0.3, -0.25) is 4.90 Å². The second kappa shape index (κ2) is 4.89. The van der Waals surface area contributed by atoms with Gasteiger partial charge in [-0.15, -0.1) is 0 Å². The minimum absolute atomic E-state index is 0.444. The quantitative estimate of drug-likeness (QED) is 0.674. The van der Waals surface area contributed by atoms with Crippen molar-refractivity contribution in [3.8, 4) is 0 Å². The summed E-state index contributed by atoms with van der Waals surface area (Å²) in [6.45, 7) is 15.0. The molecule has 0 amide bonds. The van der Waals surface area contributed by atoms with E-state index in [2.05, 4.69) is 30.2 Å². The van der Waals surface area contributed by atoms with Crippen molar-refractivity contribution in [1.82, 2.24) is 9.80 Å². The molecule has 0 bridgehead atoms. The first-order valence-corrected chi connectivity index (χ1v) is 6.84. The Kier molecular flexibility index (Phi) is 3.70. The first kappa shape index (κ1) is 12.1. The van der Waals surface area contributed by atoms with Gasteiger partial charge in [0, 0.05) is 31.7 Å². The van der Waals surface area contributed by atoms with Crippen LogP contribution in [0.25, 0.3) is 0 Å². The summed E-state index contributed by atoms with van der Waals surface area (Å²) in [4.78, 5) is 5.36. The van der Waals surface area contributed by atoms with Gasteiger partial charge in [-0.2, -0.15) is 0 Å². The Labute approximate surface area is 100 Å². The van der Waals surface area contributed by atoms with Gasteiger partial charge in [0.15, 0.2) is 0 Å². The molecule has 2 saturated heterocycles. The lowest BCUT2D eigenvalue weighted by molar-refractivity contribution is 0.0214. The van der Waals surface area contributed by atoms with E-state index in [4.69, 9.17) is 0 Å². The maximum Gasteiger partial charge on any atom is 0.0377 e. The lowest BCUT2D eigenvalue weighted by Crippen LogP contribution is -2.59. The molecular weight excluding hydrogens is 196 g/mol. The molecule has 0 radical (unpaired) electrons. The zero-order valence-corrected chi connectivity index (χ0v) is 11.0. The summed E-state index contributed by atoms with van der Waals surface area (Å²) in [5.41, 5.74) is 1.89. The summed E-state index contributed by atoms with van der Waals surface area (Å²) in [6, 6.07) is 0. The number of rotatable bonds is 4.